The zero-order chi connectivity index (χ0) is 21.0. The van der Waals surface area contributed by atoms with Crippen molar-refractivity contribution in [3.63, 3.8) is 0 Å². The first-order chi connectivity index (χ1) is 13.9. The minimum atomic E-state index is -0.513. The van der Waals surface area contributed by atoms with E-state index in [-0.39, 0.29) is 35.8 Å². The summed E-state index contributed by atoms with van der Waals surface area (Å²) < 4.78 is 12.8. The average molecular weight is 398 g/mol. The highest BCUT2D eigenvalue weighted by Crippen LogP contribution is 2.27. The van der Waals surface area contributed by atoms with Crippen molar-refractivity contribution in [3.05, 3.63) is 75.5 Å². The van der Waals surface area contributed by atoms with Gasteiger partial charge in [0, 0.05) is 24.4 Å². The van der Waals surface area contributed by atoms with Crippen LogP contribution >= 0.6 is 0 Å². The molecular weight excluding hydrogens is 376 g/mol. The van der Waals surface area contributed by atoms with Crippen molar-refractivity contribution in [2.75, 3.05) is 0 Å². The molecule has 0 radical (unpaired) electrons. The minimum Gasteiger partial charge on any atom is -0.479 e. The molecule has 152 valence electrons. The molecule has 9 nitrogen and oxygen atoms in total. The van der Waals surface area contributed by atoms with Crippen molar-refractivity contribution < 1.29 is 18.9 Å². The SMILES string of the molecule is CCn1cc(C(C)NC(=O)c2ccc(COc3ccccc3[N+](=O)[O-])o2)c(C)n1. The van der Waals surface area contributed by atoms with Gasteiger partial charge in [-0.15, -0.1) is 0 Å². The molecule has 0 spiro atoms. The first-order valence-electron chi connectivity index (χ1n) is 9.18. The van der Waals surface area contributed by atoms with E-state index >= 15 is 0 Å². The summed E-state index contributed by atoms with van der Waals surface area (Å²) in [4.78, 5) is 23.0. The number of nitrogens with zero attached hydrogens (tertiary/aromatic N) is 3. The third-order valence-corrected chi connectivity index (χ3v) is 4.44. The number of furan rings is 1. The molecule has 0 aliphatic rings. The maximum atomic E-state index is 12.5. The Kier molecular flexibility index (Phi) is 5.96. The molecule has 1 unspecified atom stereocenters. The average Bonchev–Trinajstić information content (AvgIpc) is 3.33. The molecule has 0 fully saturated rings. The fraction of sp³-hybridized carbons (Fsp3) is 0.300. The maximum Gasteiger partial charge on any atom is 0.310 e. The first kappa shape index (κ1) is 20.1. The lowest BCUT2D eigenvalue weighted by atomic mass is 10.1. The number of hydrogen-bond acceptors (Lipinski definition) is 6. The number of nitrogens with one attached hydrogen (secondary N) is 1. The number of hydrogen-bond donors (Lipinski definition) is 1. The van der Waals surface area contributed by atoms with Gasteiger partial charge < -0.3 is 14.5 Å². The Morgan fingerprint density at radius 2 is 2.10 bits per heavy atom. The van der Waals surface area contributed by atoms with Gasteiger partial charge in [-0.05, 0) is 39.0 Å². The van der Waals surface area contributed by atoms with Crippen LogP contribution in [0.3, 0.4) is 0 Å². The number of benzene rings is 1. The van der Waals surface area contributed by atoms with Gasteiger partial charge in [0.05, 0.1) is 16.7 Å². The number of carbonyl (C=O) groups is 1. The summed E-state index contributed by atoms with van der Waals surface area (Å²) in [5.41, 5.74) is 1.66. The van der Waals surface area contributed by atoms with Gasteiger partial charge in [0.25, 0.3) is 5.91 Å². The molecule has 29 heavy (non-hydrogen) atoms. The minimum absolute atomic E-state index is 0.0317. The standard InChI is InChI=1S/C20H22N4O5/c1-4-23-11-16(14(3)22-23)13(2)21-20(25)19-10-9-15(29-19)12-28-18-8-6-5-7-17(18)24(26)27/h5-11,13H,4,12H2,1-3H3,(H,21,25). The normalized spacial score (nSPS) is 11.8. The molecule has 1 N–H and O–H groups in total. The topological polar surface area (TPSA) is 112 Å². The second-order valence-corrected chi connectivity index (χ2v) is 6.50. The summed E-state index contributed by atoms with van der Waals surface area (Å²) in [6, 6.07) is 8.99. The summed E-state index contributed by atoms with van der Waals surface area (Å²) in [5, 5.41) is 18.3. The number of para-hydroxylation sites is 2. The third-order valence-electron chi connectivity index (χ3n) is 4.44. The molecule has 2 heterocycles. The zero-order valence-corrected chi connectivity index (χ0v) is 16.4. The predicted octanol–water partition coefficient (Wildman–Crippen LogP) is 3.78. The molecule has 0 saturated heterocycles. The molecule has 0 saturated carbocycles. The van der Waals surface area contributed by atoms with E-state index in [0.717, 1.165) is 17.8 Å². The van der Waals surface area contributed by atoms with Crippen molar-refractivity contribution in [2.24, 2.45) is 0 Å². The zero-order valence-electron chi connectivity index (χ0n) is 16.4. The molecule has 0 aliphatic heterocycles. The number of nitro groups is 1. The van der Waals surface area contributed by atoms with E-state index in [1.54, 1.807) is 24.3 Å². The quantitative estimate of drug-likeness (QED) is 0.456. The van der Waals surface area contributed by atoms with Gasteiger partial charge in [0.1, 0.15) is 12.4 Å². The van der Waals surface area contributed by atoms with Crippen LogP contribution in [0.15, 0.2) is 47.0 Å². The van der Waals surface area contributed by atoms with Crippen LogP contribution in [0.5, 0.6) is 5.75 Å². The number of aryl methyl sites for hydroxylation is 2. The van der Waals surface area contributed by atoms with E-state index in [2.05, 4.69) is 10.4 Å². The van der Waals surface area contributed by atoms with E-state index in [4.69, 9.17) is 9.15 Å². The molecule has 1 aromatic carbocycles. The van der Waals surface area contributed by atoms with Crippen molar-refractivity contribution >= 4 is 11.6 Å². The van der Waals surface area contributed by atoms with Gasteiger partial charge >= 0.3 is 5.69 Å². The van der Waals surface area contributed by atoms with E-state index in [9.17, 15) is 14.9 Å². The molecule has 3 aromatic rings. The molecule has 3 rings (SSSR count). The van der Waals surface area contributed by atoms with E-state index in [0.29, 0.717) is 5.76 Å². The van der Waals surface area contributed by atoms with Gasteiger partial charge in [-0.25, -0.2) is 0 Å². The maximum absolute atomic E-state index is 12.5. The van der Waals surface area contributed by atoms with Gasteiger partial charge in [-0.1, -0.05) is 12.1 Å². The van der Waals surface area contributed by atoms with E-state index in [1.807, 2.05) is 31.6 Å². The summed E-state index contributed by atoms with van der Waals surface area (Å²) in [6.07, 6.45) is 1.91. The van der Waals surface area contributed by atoms with E-state index < -0.39 is 4.92 Å². The number of carbonyl (C=O) groups excluding carboxylic acids is 1. The van der Waals surface area contributed by atoms with Crippen molar-refractivity contribution in [1.29, 1.82) is 0 Å². The Morgan fingerprint density at radius 1 is 1.34 bits per heavy atom. The lowest BCUT2D eigenvalue weighted by Crippen LogP contribution is -2.26. The van der Waals surface area contributed by atoms with Crippen LogP contribution in [-0.2, 0) is 13.2 Å². The summed E-state index contributed by atoms with van der Waals surface area (Å²) in [5.74, 6) is 0.296. The van der Waals surface area contributed by atoms with Crippen LogP contribution in [0.25, 0.3) is 0 Å². The Hall–Kier alpha value is -3.62. The van der Waals surface area contributed by atoms with Crippen molar-refractivity contribution in [1.82, 2.24) is 15.1 Å². The summed E-state index contributed by atoms with van der Waals surface area (Å²) >= 11 is 0. The Labute approximate surface area is 167 Å². The third kappa shape index (κ3) is 4.63. The van der Waals surface area contributed by atoms with Crippen LogP contribution in [-0.4, -0.2) is 20.6 Å². The molecule has 1 atom stereocenters. The molecule has 1 amide bonds. The van der Waals surface area contributed by atoms with Gasteiger partial charge in [0.2, 0.25) is 0 Å². The van der Waals surface area contributed by atoms with E-state index in [1.165, 1.54) is 12.1 Å². The lowest BCUT2D eigenvalue weighted by molar-refractivity contribution is -0.386. The highest BCUT2D eigenvalue weighted by molar-refractivity contribution is 5.91. The Bertz CT molecular complexity index is 1020. The number of ether oxygens (including phenoxy) is 1. The molecule has 9 heteroatoms. The smallest absolute Gasteiger partial charge is 0.310 e. The molecule has 0 aliphatic carbocycles. The van der Waals surface area contributed by atoms with Gasteiger partial charge in [0.15, 0.2) is 11.5 Å². The van der Waals surface area contributed by atoms with Crippen LogP contribution < -0.4 is 10.1 Å². The molecule has 0 bridgehead atoms. The monoisotopic (exact) mass is 398 g/mol. The number of aromatic nitrogens is 2. The van der Waals surface area contributed by atoms with Crippen LogP contribution in [0.2, 0.25) is 0 Å². The summed E-state index contributed by atoms with van der Waals surface area (Å²) in [7, 11) is 0. The highest BCUT2D eigenvalue weighted by atomic mass is 16.6. The van der Waals surface area contributed by atoms with Crippen molar-refractivity contribution in [2.45, 2.75) is 40.0 Å². The van der Waals surface area contributed by atoms with Crippen LogP contribution in [0.1, 0.15) is 47.5 Å². The first-order valence-corrected chi connectivity index (χ1v) is 9.18. The van der Waals surface area contributed by atoms with Crippen molar-refractivity contribution in [3.8, 4) is 5.75 Å². The molecule has 2 aromatic heterocycles. The number of amides is 1. The summed E-state index contributed by atoms with van der Waals surface area (Å²) in [6.45, 7) is 6.49. The fourth-order valence-electron chi connectivity index (χ4n) is 2.92. The predicted molar refractivity (Wildman–Crippen MR) is 105 cm³/mol. The fourth-order valence-corrected chi connectivity index (χ4v) is 2.92. The Morgan fingerprint density at radius 3 is 2.79 bits per heavy atom. The highest BCUT2D eigenvalue weighted by Gasteiger charge is 2.19. The number of nitro benzene ring substituents is 1. The van der Waals surface area contributed by atoms with Crippen LogP contribution in [0, 0.1) is 17.0 Å². The largest absolute Gasteiger partial charge is 0.479 e. The second kappa shape index (κ2) is 8.59. The second-order valence-electron chi connectivity index (χ2n) is 6.50. The van der Waals surface area contributed by atoms with Crippen LogP contribution in [0.4, 0.5) is 5.69 Å². The lowest BCUT2D eigenvalue weighted by Gasteiger charge is -2.12. The van der Waals surface area contributed by atoms with Gasteiger partial charge in [-0.2, -0.15) is 5.10 Å². The molecular formula is C20H22N4O5. The Balaban J connectivity index is 1.63. The number of rotatable bonds is 8. The van der Waals surface area contributed by atoms with Gasteiger partial charge in [-0.3, -0.25) is 19.6 Å².